The highest BCUT2D eigenvalue weighted by Gasteiger charge is 2.04. The van der Waals surface area contributed by atoms with Crippen LogP contribution in [0.25, 0.3) is 0 Å². The first-order valence-electron chi connectivity index (χ1n) is 5.79. The summed E-state index contributed by atoms with van der Waals surface area (Å²) in [5.74, 6) is 1.61. The average Bonchev–Trinajstić information content (AvgIpc) is 2.16. The first kappa shape index (κ1) is 13.2. The number of rotatable bonds is 5. The van der Waals surface area contributed by atoms with Crippen LogP contribution in [-0.2, 0) is 6.54 Å². The van der Waals surface area contributed by atoms with E-state index in [9.17, 15) is 4.39 Å². The fourth-order valence-electron chi connectivity index (χ4n) is 1.55. The quantitative estimate of drug-likeness (QED) is 0.803. The molecule has 1 aromatic rings. The van der Waals surface area contributed by atoms with Crippen molar-refractivity contribution in [2.24, 2.45) is 5.92 Å². The molecule has 0 saturated carbocycles. The van der Waals surface area contributed by atoms with Crippen molar-refractivity contribution in [3.8, 4) is 0 Å². The Morgan fingerprint density at radius 1 is 1.25 bits per heavy atom. The van der Waals surface area contributed by atoms with Crippen molar-refractivity contribution in [3.05, 3.63) is 41.1 Å². The third-order valence-electron chi connectivity index (χ3n) is 2.42. The van der Waals surface area contributed by atoms with Crippen LogP contribution in [0.5, 0.6) is 0 Å². The number of halogens is 1. The molecule has 16 heavy (non-hydrogen) atoms. The normalized spacial score (nSPS) is 11.4. The predicted octanol–water partition coefficient (Wildman–Crippen LogP) is 3.53. The minimum atomic E-state index is -0.153. The number of benzene rings is 1. The van der Waals surface area contributed by atoms with Crippen LogP contribution in [0.15, 0.2) is 18.2 Å². The van der Waals surface area contributed by atoms with E-state index in [1.807, 2.05) is 19.9 Å². The van der Waals surface area contributed by atoms with Crippen LogP contribution in [0.3, 0.4) is 0 Å². The molecule has 0 amide bonds. The van der Waals surface area contributed by atoms with Gasteiger partial charge in [0.25, 0.3) is 0 Å². The lowest BCUT2D eigenvalue weighted by Gasteiger charge is -2.10. The molecule has 89 valence electrons. The molecule has 0 atom stereocenters. The zero-order valence-corrected chi connectivity index (χ0v) is 10.6. The van der Waals surface area contributed by atoms with Crippen molar-refractivity contribution in [3.63, 3.8) is 0 Å². The second-order valence-corrected chi connectivity index (χ2v) is 4.87. The van der Waals surface area contributed by atoms with Crippen LogP contribution in [0, 0.1) is 17.7 Å². The van der Waals surface area contributed by atoms with E-state index in [1.165, 1.54) is 0 Å². The molecular weight excluding hydrogens is 201 g/mol. The summed E-state index contributed by atoms with van der Waals surface area (Å²) in [5, 5.41) is 3.32. The summed E-state index contributed by atoms with van der Waals surface area (Å²) in [6.45, 7) is 10.0. The van der Waals surface area contributed by atoms with Crippen LogP contribution in [0.2, 0.25) is 0 Å². The molecule has 2 heteroatoms. The first-order chi connectivity index (χ1) is 7.49. The van der Waals surface area contributed by atoms with Crippen molar-refractivity contribution >= 4 is 0 Å². The minimum absolute atomic E-state index is 0.153. The fourth-order valence-corrected chi connectivity index (χ4v) is 1.55. The van der Waals surface area contributed by atoms with Crippen LogP contribution in [-0.4, -0.2) is 6.54 Å². The van der Waals surface area contributed by atoms with Gasteiger partial charge in [-0.05, 0) is 41.6 Å². The van der Waals surface area contributed by atoms with E-state index in [1.54, 1.807) is 12.1 Å². The Kier molecular flexibility index (Phi) is 4.94. The van der Waals surface area contributed by atoms with Gasteiger partial charge in [0.2, 0.25) is 0 Å². The molecule has 0 unspecified atom stereocenters. The lowest BCUT2D eigenvalue weighted by Crippen LogP contribution is -2.19. The van der Waals surface area contributed by atoms with Gasteiger partial charge in [-0.25, -0.2) is 4.39 Å². The maximum absolute atomic E-state index is 13.3. The van der Waals surface area contributed by atoms with Gasteiger partial charge >= 0.3 is 0 Å². The maximum atomic E-state index is 13.3. The average molecular weight is 222 g/mol. The molecule has 1 N–H and O–H groups in total. The fraction of sp³-hybridized carbons (Fsp3) is 0.500. The Hall–Kier alpha value is -0.890. The summed E-state index contributed by atoms with van der Waals surface area (Å²) in [5.41, 5.74) is 2.00. The Morgan fingerprint density at radius 2 is 1.94 bits per heavy atom. The van der Waals surface area contributed by atoms with Gasteiger partial charge < -0.3 is 5.32 Å². The smallest absolute Gasteiger partial charge is 0.123 e. The SMILES string of the molecule is C[C](C)c1cc(F)cc(CNCC(C)C)c1. The highest BCUT2D eigenvalue weighted by molar-refractivity contribution is 5.33. The molecule has 1 radical (unpaired) electrons. The predicted molar refractivity (Wildman–Crippen MR) is 66.6 cm³/mol. The van der Waals surface area contributed by atoms with Gasteiger partial charge in [0.15, 0.2) is 0 Å². The monoisotopic (exact) mass is 222 g/mol. The molecule has 0 saturated heterocycles. The van der Waals surface area contributed by atoms with E-state index >= 15 is 0 Å². The molecule has 0 aromatic heterocycles. The molecule has 0 heterocycles. The van der Waals surface area contributed by atoms with Gasteiger partial charge in [0.05, 0.1) is 0 Å². The largest absolute Gasteiger partial charge is 0.312 e. The molecule has 0 aliphatic rings. The van der Waals surface area contributed by atoms with Gasteiger partial charge in [0.1, 0.15) is 5.82 Å². The second kappa shape index (κ2) is 6.00. The molecule has 1 nitrogen and oxygen atoms in total. The summed E-state index contributed by atoms with van der Waals surface area (Å²) in [7, 11) is 0. The van der Waals surface area contributed by atoms with E-state index < -0.39 is 0 Å². The summed E-state index contributed by atoms with van der Waals surface area (Å²) in [6, 6.07) is 5.23. The first-order valence-corrected chi connectivity index (χ1v) is 5.79. The van der Waals surface area contributed by atoms with E-state index in [2.05, 4.69) is 19.2 Å². The summed E-state index contributed by atoms with van der Waals surface area (Å²) >= 11 is 0. The van der Waals surface area contributed by atoms with Crippen molar-refractivity contribution in [2.45, 2.75) is 34.2 Å². The van der Waals surface area contributed by atoms with E-state index in [0.29, 0.717) is 5.92 Å². The molecule has 0 aliphatic carbocycles. The number of hydrogen-bond donors (Lipinski definition) is 1. The van der Waals surface area contributed by atoms with Gasteiger partial charge in [-0.3, -0.25) is 0 Å². The molecule has 0 bridgehead atoms. The maximum Gasteiger partial charge on any atom is 0.123 e. The Morgan fingerprint density at radius 3 is 2.50 bits per heavy atom. The number of nitrogens with one attached hydrogen (secondary N) is 1. The minimum Gasteiger partial charge on any atom is -0.312 e. The summed E-state index contributed by atoms with van der Waals surface area (Å²) in [4.78, 5) is 0. The van der Waals surface area contributed by atoms with Gasteiger partial charge in [-0.1, -0.05) is 33.8 Å². The van der Waals surface area contributed by atoms with E-state index in [-0.39, 0.29) is 5.82 Å². The molecule has 1 rings (SSSR count). The Balaban J connectivity index is 2.65. The standard InChI is InChI=1S/C14H21FN/c1-10(2)8-16-9-12-5-13(11(3)4)7-14(15)6-12/h5-7,10,16H,8-9H2,1-4H3. The molecule has 0 aliphatic heterocycles. The third kappa shape index (κ3) is 4.31. The molecule has 0 fully saturated rings. The lowest BCUT2D eigenvalue weighted by molar-refractivity contribution is 0.550. The van der Waals surface area contributed by atoms with E-state index in [0.717, 1.165) is 30.1 Å². The summed E-state index contributed by atoms with van der Waals surface area (Å²) < 4.78 is 13.3. The summed E-state index contributed by atoms with van der Waals surface area (Å²) in [6.07, 6.45) is 0. The number of hydrogen-bond acceptors (Lipinski definition) is 1. The molecule has 1 aromatic carbocycles. The van der Waals surface area contributed by atoms with Gasteiger partial charge in [-0.2, -0.15) is 0 Å². The van der Waals surface area contributed by atoms with Crippen molar-refractivity contribution in [2.75, 3.05) is 6.54 Å². The van der Waals surface area contributed by atoms with Crippen LogP contribution in [0.4, 0.5) is 4.39 Å². The Bertz CT molecular complexity index is 332. The molecule has 0 spiro atoms. The van der Waals surface area contributed by atoms with Crippen LogP contribution in [0.1, 0.15) is 38.8 Å². The van der Waals surface area contributed by atoms with Gasteiger partial charge in [-0.15, -0.1) is 0 Å². The highest BCUT2D eigenvalue weighted by atomic mass is 19.1. The van der Waals surface area contributed by atoms with Crippen molar-refractivity contribution in [1.82, 2.24) is 5.32 Å². The van der Waals surface area contributed by atoms with Gasteiger partial charge in [0, 0.05) is 6.54 Å². The zero-order valence-electron chi connectivity index (χ0n) is 10.6. The third-order valence-corrected chi connectivity index (χ3v) is 2.42. The topological polar surface area (TPSA) is 12.0 Å². The van der Waals surface area contributed by atoms with Crippen LogP contribution >= 0.6 is 0 Å². The zero-order chi connectivity index (χ0) is 12.1. The lowest BCUT2D eigenvalue weighted by atomic mass is 10.0. The van der Waals surface area contributed by atoms with E-state index in [4.69, 9.17) is 0 Å². The van der Waals surface area contributed by atoms with Crippen molar-refractivity contribution in [1.29, 1.82) is 0 Å². The molecular formula is C14H21FN. The second-order valence-electron chi connectivity index (χ2n) is 4.87. The van der Waals surface area contributed by atoms with Crippen LogP contribution < -0.4 is 5.32 Å². The Labute approximate surface area is 98.1 Å². The highest BCUT2D eigenvalue weighted by Crippen LogP contribution is 2.17. The van der Waals surface area contributed by atoms with Crippen molar-refractivity contribution < 1.29 is 4.39 Å².